The molecule has 0 bridgehead atoms. The van der Waals surface area contributed by atoms with Gasteiger partial charge in [0, 0.05) is 29.2 Å². The number of nitrogens with one attached hydrogen (secondary N) is 2. The van der Waals surface area contributed by atoms with Crippen molar-refractivity contribution in [3.05, 3.63) is 53.3 Å². The van der Waals surface area contributed by atoms with Gasteiger partial charge >= 0.3 is 6.18 Å². The Morgan fingerprint density at radius 2 is 1.84 bits per heavy atom. The Bertz CT molecular complexity index is 1160. The average molecular weight is 445 g/mol. The molecule has 0 amide bonds. The van der Waals surface area contributed by atoms with E-state index in [0.717, 1.165) is 12.1 Å². The number of aromatic nitrogens is 4. The lowest BCUT2D eigenvalue weighted by Crippen LogP contribution is -2.07. The highest BCUT2D eigenvalue weighted by molar-refractivity contribution is 5.82. The van der Waals surface area contributed by atoms with Crippen molar-refractivity contribution in [3.8, 4) is 17.3 Å². The normalized spacial score (nSPS) is 11.3. The lowest BCUT2D eigenvalue weighted by molar-refractivity contribution is -0.138. The van der Waals surface area contributed by atoms with Crippen LogP contribution < -0.4 is 5.32 Å². The molecule has 0 saturated heterocycles. The molecular formula is C18H13F6N5O2. The van der Waals surface area contributed by atoms with Gasteiger partial charge in [-0.2, -0.15) is 18.4 Å². The maximum absolute atomic E-state index is 14.3. The lowest BCUT2D eigenvalue weighted by Gasteiger charge is -2.12. The minimum Gasteiger partial charge on any atom is -0.507 e. The largest absolute Gasteiger partial charge is 0.507 e. The number of aromatic hydroxyl groups is 1. The van der Waals surface area contributed by atoms with Crippen LogP contribution in [0.3, 0.4) is 0 Å². The van der Waals surface area contributed by atoms with Crippen LogP contribution in [0.4, 0.5) is 32.0 Å². The van der Waals surface area contributed by atoms with Gasteiger partial charge in [-0.1, -0.05) is 0 Å². The third-order valence-electron chi connectivity index (χ3n) is 4.04. The van der Waals surface area contributed by atoms with Crippen LogP contribution in [-0.4, -0.2) is 32.7 Å². The molecule has 0 radical (unpaired) electrons. The fraction of sp³-hybridized carbons (Fsp3) is 0.167. The zero-order valence-corrected chi connectivity index (χ0v) is 15.3. The van der Waals surface area contributed by atoms with Gasteiger partial charge in [0.2, 0.25) is 12.8 Å². The van der Waals surface area contributed by atoms with Gasteiger partial charge in [-0.25, -0.2) is 13.2 Å². The lowest BCUT2D eigenvalue weighted by atomic mass is 10.1. The predicted molar refractivity (Wildman–Crippen MR) is 96.9 cm³/mol. The van der Waals surface area contributed by atoms with Crippen molar-refractivity contribution < 1.29 is 35.9 Å². The molecule has 164 valence electrons. The summed E-state index contributed by atoms with van der Waals surface area (Å²) < 4.78 is 77.7. The standard InChI is InChI=1S/C17H11F4N5O2.CH2F2/c18-12-6-14-8(4-15(28-14)16-23-25-26-24-16)3-9(12)7-22-10-1-2-13(27)11(5-10)17(19,20)21;2-1-3/h1-6,22,27H,7H2,(H,23,24,25,26);1H2. The maximum atomic E-state index is 14.3. The number of anilines is 1. The number of alkyl halides is 5. The molecule has 4 rings (SSSR count). The minimum atomic E-state index is -4.70. The third kappa shape index (κ3) is 5.05. The summed E-state index contributed by atoms with van der Waals surface area (Å²) in [6, 6.07) is 7.25. The average Bonchev–Trinajstić information content (AvgIpc) is 3.36. The Labute approximate surface area is 169 Å². The molecule has 0 saturated carbocycles. The number of aromatic amines is 1. The number of halogens is 6. The van der Waals surface area contributed by atoms with Gasteiger partial charge in [0.25, 0.3) is 0 Å². The van der Waals surface area contributed by atoms with Gasteiger partial charge in [-0.05, 0) is 35.5 Å². The van der Waals surface area contributed by atoms with Crippen LogP contribution in [-0.2, 0) is 12.7 Å². The highest BCUT2D eigenvalue weighted by Crippen LogP contribution is 2.37. The highest BCUT2D eigenvalue weighted by atomic mass is 19.4. The number of phenolic OH excluding ortho intramolecular Hbond substituents is 1. The summed E-state index contributed by atoms with van der Waals surface area (Å²) in [6.07, 6.45) is -4.70. The fourth-order valence-corrected chi connectivity index (χ4v) is 2.69. The smallest absolute Gasteiger partial charge is 0.420 e. The number of nitrogens with zero attached hydrogens (tertiary/aromatic N) is 3. The highest BCUT2D eigenvalue weighted by Gasteiger charge is 2.34. The number of hydrogen-bond acceptors (Lipinski definition) is 6. The molecule has 0 aliphatic rings. The van der Waals surface area contributed by atoms with Crippen LogP contribution in [0.1, 0.15) is 11.1 Å². The number of hydrogen-bond donors (Lipinski definition) is 3. The van der Waals surface area contributed by atoms with E-state index in [1.165, 1.54) is 18.2 Å². The molecule has 13 heteroatoms. The first-order valence-corrected chi connectivity index (χ1v) is 8.44. The monoisotopic (exact) mass is 445 g/mol. The molecule has 2 aromatic carbocycles. The summed E-state index contributed by atoms with van der Waals surface area (Å²) in [4.78, 5) is 0. The van der Waals surface area contributed by atoms with E-state index >= 15 is 0 Å². The van der Waals surface area contributed by atoms with Gasteiger partial charge in [-0.15, -0.1) is 10.2 Å². The van der Waals surface area contributed by atoms with Crippen molar-refractivity contribution in [2.45, 2.75) is 12.7 Å². The zero-order chi connectivity index (χ0) is 22.6. The van der Waals surface area contributed by atoms with Crippen LogP contribution in [0.25, 0.3) is 22.6 Å². The van der Waals surface area contributed by atoms with E-state index in [2.05, 4.69) is 25.9 Å². The van der Waals surface area contributed by atoms with E-state index in [0.29, 0.717) is 11.1 Å². The number of rotatable bonds is 4. The Morgan fingerprint density at radius 3 is 2.48 bits per heavy atom. The van der Waals surface area contributed by atoms with E-state index in [1.54, 1.807) is 6.07 Å². The van der Waals surface area contributed by atoms with Gasteiger partial charge < -0.3 is 14.8 Å². The summed E-state index contributed by atoms with van der Waals surface area (Å²) >= 11 is 0. The first-order valence-electron chi connectivity index (χ1n) is 8.44. The molecule has 0 fully saturated rings. The van der Waals surface area contributed by atoms with Crippen molar-refractivity contribution in [2.24, 2.45) is 0 Å². The Balaban J connectivity index is 0.000000858. The first-order chi connectivity index (χ1) is 14.7. The molecule has 4 aromatic rings. The Kier molecular flexibility index (Phi) is 6.32. The second-order valence-corrected chi connectivity index (χ2v) is 6.01. The van der Waals surface area contributed by atoms with E-state index in [1.807, 2.05) is 0 Å². The minimum absolute atomic E-state index is 0.0768. The van der Waals surface area contributed by atoms with Crippen molar-refractivity contribution >= 4 is 16.7 Å². The number of furan rings is 1. The van der Waals surface area contributed by atoms with Crippen molar-refractivity contribution in [2.75, 3.05) is 12.2 Å². The molecule has 2 heterocycles. The summed E-state index contributed by atoms with van der Waals surface area (Å²) in [5.41, 5.74) is -0.600. The van der Waals surface area contributed by atoms with E-state index < -0.39 is 30.2 Å². The molecule has 0 unspecified atom stereocenters. The fourth-order valence-electron chi connectivity index (χ4n) is 2.69. The van der Waals surface area contributed by atoms with Crippen LogP contribution >= 0.6 is 0 Å². The summed E-state index contributed by atoms with van der Waals surface area (Å²) in [6.45, 7) is -1.83. The number of benzene rings is 2. The van der Waals surface area contributed by atoms with Crippen molar-refractivity contribution in [1.82, 2.24) is 20.6 Å². The Hall–Kier alpha value is -3.77. The molecule has 7 nitrogen and oxygen atoms in total. The molecule has 0 aliphatic heterocycles. The maximum Gasteiger partial charge on any atom is 0.420 e. The van der Waals surface area contributed by atoms with E-state index in [-0.39, 0.29) is 29.2 Å². The number of tetrazole rings is 1. The second-order valence-electron chi connectivity index (χ2n) is 6.01. The van der Waals surface area contributed by atoms with Crippen LogP contribution in [0.15, 0.2) is 40.8 Å². The van der Waals surface area contributed by atoms with Gasteiger partial charge in [0.05, 0.1) is 5.56 Å². The summed E-state index contributed by atoms with van der Waals surface area (Å²) in [5, 5.41) is 25.9. The summed E-state index contributed by atoms with van der Waals surface area (Å²) in [7, 11) is 0. The van der Waals surface area contributed by atoms with Crippen molar-refractivity contribution in [1.29, 1.82) is 0 Å². The van der Waals surface area contributed by atoms with Crippen LogP contribution in [0, 0.1) is 5.82 Å². The number of phenols is 1. The number of H-pyrrole nitrogens is 1. The molecule has 3 N–H and O–H groups in total. The zero-order valence-electron chi connectivity index (χ0n) is 15.3. The van der Waals surface area contributed by atoms with Gasteiger partial charge in [0.15, 0.2) is 5.76 Å². The van der Waals surface area contributed by atoms with Crippen LogP contribution in [0.2, 0.25) is 0 Å². The second kappa shape index (κ2) is 8.93. The van der Waals surface area contributed by atoms with Crippen molar-refractivity contribution in [3.63, 3.8) is 0 Å². The molecular weight excluding hydrogens is 432 g/mol. The molecule has 0 aliphatic carbocycles. The van der Waals surface area contributed by atoms with E-state index in [9.17, 15) is 31.4 Å². The van der Waals surface area contributed by atoms with Gasteiger partial charge in [0.1, 0.15) is 17.1 Å². The van der Waals surface area contributed by atoms with Gasteiger partial charge in [-0.3, -0.25) is 0 Å². The third-order valence-corrected chi connectivity index (χ3v) is 4.04. The molecule has 0 atom stereocenters. The SMILES string of the molecule is FCF.Oc1ccc(NCc2cc3cc(-c4nn[nH]n4)oc3cc2F)cc1C(F)(F)F. The first kappa shape index (κ1) is 21.9. The summed E-state index contributed by atoms with van der Waals surface area (Å²) in [5.74, 6) is -0.969. The number of fused-ring (bicyclic) bond motifs is 1. The molecule has 31 heavy (non-hydrogen) atoms. The van der Waals surface area contributed by atoms with Crippen LogP contribution in [0.5, 0.6) is 5.75 Å². The van der Waals surface area contributed by atoms with E-state index in [4.69, 9.17) is 4.42 Å². The Morgan fingerprint density at radius 1 is 1.10 bits per heavy atom. The topological polar surface area (TPSA) is 99.9 Å². The molecule has 2 aromatic heterocycles. The quantitative estimate of drug-likeness (QED) is 0.303. The predicted octanol–water partition coefficient (Wildman–Crippen LogP) is 4.97. The molecule has 0 spiro atoms.